The quantitative estimate of drug-likeness (QED) is 0.330. The van der Waals surface area contributed by atoms with E-state index in [4.69, 9.17) is 16.3 Å². The molecule has 42 heavy (non-hydrogen) atoms. The Balaban J connectivity index is 1.89. The van der Waals surface area contributed by atoms with Crippen molar-refractivity contribution >= 4 is 35.0 Å². The molecule has 3 heterocycles. The number of likely N-dealkylation sites (tertiary alicyclic amines) is 1. The van der Waals surface area contributed by atoms with Crippen molar-refractivity contribution in [3.8, 4) is 0 Å². The van der Waals surface area contributed by atoms with Crippen LogP contribution < -0.4 is 4.90 Å². The number of carbonyl (C=O) groups is 3. The number of anilines is 1. The number of benzene rings is 1. The normalized spacial score (nSPS) is 28.6. The van der Waals surface area contributed by atoms with E-state index < -0.39 is 35.1 Å². The largest absolute Gasteiger partial charge is 0.394 e. The molecule has 2 bridgehead atoms. The number of nitrogens with zero attached hydrogens (tertiary/aromatic N) is 3. The molecule has 1 aromatic carbocycles. The Morgan fingerprint density at radius 1 is 1.21 bits per heavy atom. The molecule has 3 saturated heterocycles. The van der Waals surface area contributed by atoms with Crippen molar-refractivity contribution in [1.29, 1.82) is 0 Å². The van der Waals surface area contributed by atoms with Gasteiger partial charge in [0.05, 0.1) is 40.8 Å². The third kappa shape index (κ3) is 5.20. The van der Waals surface area contributed by atoms with Gasteiger partial charge < -0.3 is 24.5 Å². The van der Waals surface area contributed by atoms with E-state index in [0.717, 1.165) is 12.0 Å². The molecule has 6 atom stereocenters. The van der Waals surface area contributed by atoms with Crippen LogP contribution in [0.5, 0.6) is 0 Å². The Labute approximate surface area is 255 Å². The zero-order chi connectivity index (χ0) is 31.0. The Morgan fingerprint density at radius 2 is 1.90 bits per heavy atom. The van der Waals surface area contributed by atoms with E-state index in [1.807, 2.05) is 46.8 Å². The summed E-state index contributed by atoms with van der Waals surface area (Å²) >= 11 is 6.67. The lowest BCUT2D eigenvalue weighted by atomic mass is 9.66. The van der Waals surface area contributed by atoms with Crippen LogP contribution in [0, 0.1) is 24.7 Å². The molecule has 0 radical (unpaired) electrons. The van der Waals surface area contributed by atoms with Crippen molar-refractivity contribution in [2.75, 3.05) is 31.1 Å². The Bertz CT molecular complexity index is 1220. The molecule has 1 aromatic rings. The zero-order valence-electron chi connectivity index (χ0n) is 25.6. The van der Waals surface area contributed by atoms with Crippen molar-refractivity contribution in [2.45, 2.75) is 83.6 Å². The summed E-state index contributed by atoms with van der Waals surface area (Å²) in [5, 5.41) is 11.0. The number of aryl methyl sites for hydroxylation is 1. The maximum absolute atomic E-state index is 14.9. The smallest absolute Gasteiger partial charge is 0.253 e. The van der Waals surface area contributed by atoms with Crippen molar-refractivity contribution in [3.05, 3.63) is 54.1 Å². The van der Waals surface area contributed by atoms with Gasteiger partial charge in [0, 0.05) is 19.6 Å². The molecule has 3 aliphatic heterocycles. The second-order valence-electron chi connectivity index (χ2n) is 12.7. The Morgan fingerprint density at radius 3 is 2.48 bits per heavy atom. The van der Waals surface area contributed by atoms with E-state index in [1.54, 1.807) is 32.9 Å². The molecule has 1 N–H and O–H groups in total. The van der Waals surface area contributed by atoms with Crippen LogP contribution in [0.3, 0.4) is 0 Å². The average Bonchev–Trinajstić information content (AvgIpc) is 3.50. The third-order valence-corrected chi connectivity index (χ3v) is 9.56. The lowest BCUT2D eigenvalue weighted by Gasteiger charge is -2.40. The van der Waals surface area contributed by atoms with Crippen molar-refractivity contribution in [1.82, 2.24) is 9.80 Å². The molecule has 9 heteroatoms. The van der Waals surface area contributed by atoms with Gasteiger partial charge in [-0.2, -0.15) is 0 Å². The zero-order valence-corrected chi connectivity index (χ0v) is 26.4. The Kier molecular flexibility index (Phi) is 9.60. The number of hydrogen-bond donors (Lipinski definition) is 1. The predicted molar refractivity (Wildman–Crippen MR) is 165 cm³/mol. The van der Waals surface area contributed by atoms with Crippen LogP contribution in [0.15, 0.2) is 43.5 Å². The second kappa shape index (κ2) is 12.5. The van der Waals surface area contributed by atoms with Crippen LogP contribution >= 0.6 is 11.6 Å². The standard InChI is InChI=1S/C33H46ClN3O5/c1-8-16-35(17-9-2)29(39)25-26-30(40)37(23(20-38)19-21(4)5)28(33(26)15-14-32(25,7)42-33)31(41)36(18-10-3)27-22(6)12-11-13-24(27)34/h8,10-13,21,23,25-26,28,38H,1,3,9,14-20H2,2,4-7H3/t23-,25-,26+,28?,32+,33?/m1/s1. The average molecular weight is 600 g/mol. The molecular weight excluding hydrogens is 554 g/mol. The highest BCUT2D eigenvalue weighted by atomic mass is 35.5. The highest BCUT2D eigenvalue weighted by Gasteiger charge is 2.79. The third-order valence-electron chi connectivity index (χ3n) is 9.25. The number of aliphatic hydroxyl groups excluding tert-OH is 1. The van der Waals surface area contributed by atoms with Gasteiger partial charge in [-0.15, -0.1) is 13.2 Å². The number of halogens is 1. The van der Waals surface area contributed by atoms with E-state index in [9.17, 15) is 19.5 Å². The first-order chi connectivity index (χ1) is 19.9. The van der Waals surface area contributed by atoms with E-state index in [1.165, 1.54) is 0 Å². The van der Waals surface area contributed by atoms with Gasteiger partial charge in [0.1, 0.15) is 11.6 Å². The number of ether oxygens (including phenoxy) is 1. The lowest BCUT2D eigenvalue weighted by molar-refractivity contribution is -0.152. The summed E-state index contributed by atoms with van der Waals surface area (Å²) in [4.78, 5) is 48.6. The first kappa shape index (κ1) is 32.2. The molecule has 0 aromatic heterocycles. The lowest BCUT2D eigenvalue weighted by Crippen LogP contribution is -2.59. The van der Waals surface area contributed by atoms with Crippen LogP contribution in [0.1, 0.15) is 58.9 Å². The molecule has 3 amide bonds. The molecule has 0 saturated carbocycles. The fraction of sp³-hybridized carbons (Fsp3) is 0.606. The summed E-state index contributed by atoms with van der Waals surface area (Å²) in [5.41, 5.74) is -0.758. The molecule has 230 valence electrons. The summed E-state index contributed by atoms with van der Waals surface area (Å²) in [6.45, 7) is 18.3. The van der Waals surface area contributed by atoms with E-state index >= 15 is 0 Å². The van der Waals surface area contributed by atoms with Crippen molar-refractivity contribution < 1.29 is 24.2 Å². The van der Waals surface area contributed by atoms with Gasteiger partial charge in [0.25, 0.3) is 5.91 Å². The van der Waals surface area contributed by atoms with Gasteiger partial charge in [0.15, 0.2) is 0 Å². The van der Waals surface area contributed by atoms with Crippen LogP contribution in [0.25, 0.3) is 0 Å². The monoisotopic (exact) mass is 599 g/mol. The number of para-hydroxylation sites is 1. The topological polar surface area (TPSA) is 90.4 Å². The van der Waals surface area contributed by atoms with Crippen molar-refractivity contribution in [3.63, 3.8) is 0 Å². The second-order valence-corrected chi connectivity index (χ2v) is 13.1. The fourth-order valence-electron chi connectivity index (χ4n) is 7.68. The number of hydrogen-bond acceptors (Lipinski definition) is 5. The molecule has 3 fully saturated rings. The molecule has 3 aliphatic rings. The summed E-state index contributed by atoms with van der Waals surface area (Å²) in [6.07, 6.45) is 5.57. The van der Waals surface area contributed by atoms with Crippen molar-refractivity contribution in [2.24, 2.45) is 17.8 Å². The SMILES string of the molecule is C=CCN(CCC)C(=O)[C@H]1[C@H]2C(=O)N([C@@H](CO)CC(C)C)C(C(=O)N(CC=C)c3c(C)cccc3Cl)C23CC[C@]1(C)O3. The van der Waals surface area contributed by atoms with Crippen LogP contribution in [-0.4, -0.2) is 82.2 Å². The van der Waals surface area contributed by atoms with Gasteiger partial charge in [0.2, 0.25) is 11.8 Å². The van der Waals surface area contributed by atoms with Crippen LogP contribution in [0.2, 0.25) is 5.02 Å². The molecule has 0 aliphatic carbocycles. The van der Waals surface area contributed by atoms with Crippen LogP contribution in [0.4, 0.5) is 5.69 Å². The maximum atomic E-state index is 14.9. The van der Waals surface area contributed by atoms with E-state index in [2.05, 4.69) is 13.2 Å². The highest BCUT2D eigenvalue weighted by Crippen LogP contribution is 2.64. The maximum Gasteiger partial charge on any atom is 0.253 e. The number of aliphatic hydroxyl groups is 1. The van der Waals surface area contributed by atoms with E-state index in [-0.39, 0.29) is 36.8 Å². The molecule has 1 spiro atoms. The first-order valence-electron chi connectivity index (χ1n) is 15.1. The summed E-state index contributed by atoms with van der Waals surface area (Å²) in [5.74, 6) is -2.25. The van der Waals surface area contributed by atoms with Gasteiger partial charge in [-0.3, -0.25) is 14.4 Å². The number of rotatable bonds is 13. The van der Waals surface area contributed by atoms with Gasteiger partial charge >= 0.3 is 0 Å². The summed E-state index contributed by atoms with van der Waals surface area (Å²) in [7, 11) is 0. The minimum Gasteiger partial charge on any atom is -0.394 e. The minimum atomic E-state index is -1.21. The minimum absolute atomic E-state index is 0.151. The summed E-state index contributed by atoms with van der Waals surface area (Å²) < 4.78 is 6.85. The Hall–Kier alpha value is -2.68. The highest BCUT2D eigenvalue weighted by molar-refractivity contribution is 6.34. The van der Waals surface area contributed by atoms with Gasteiger partial charge in [-0.05, 0) is 57.1 Å². The molecule has 4 rings (SSSR count). The number of amides is 3. The molecule has 8 nitrogen and oxygen atoms in total. The number of fused-ring (bicyclic) bond motifs is 1. The van der Waals surface area contributed by atoms with Gasteiger partial charge in [-0.1, -0.05) is 56.7 Å². The molecule has 2 unspecified atom stereocenters. The van der Waals surface area contributed by atoms with E-state index in [0.29, 0.717) is 43.1 Å². The molecular formula is C33H46ClN3O5. The first-order valence-corrected chi connectivity index (χ1v) is 15.5. The number of carbonyl (C=O) groups excluding carboxylic acids is 3. The fourth-order valence-corrected chi connectivity index (χ4v) is 8.00. The van der Waals surface area contributed by atoms with Crippen LogP contribution in [-0.2, 0) is 19.1 Å². The predicted octanol–water partition coefficient (Wildman–Crippen LogP) is 4.76. The summed E-state index contributed by atoms with van der Waals surface area (Å²) in [6, 6.07) is 3.78. The van der Waals surface area contributed by atoms with Gasteiger partial charge in [-0.25, -0.2) is 0 Å².